The quantitative estimate of drug-likeness (QED) is 0.185. The van der Waals surface area contributed by atoms with Gasteiger partial charge in [0.25, 0.3) is 0 Å². The minimum absolute atomic E-state index is 0.554. The summed E-state index contributed by atoms with van der Waals surface area (Å²) >= 11 is 0. The van der Waals surface area contributed by atoms with E-state index in [1.807, 2.05) is 30.6 Å². The molecule has 0 saturated carbocycles. The van der Waals surface area contributed by atoms with Gasteiger partial charge in [0.05, 0.1) is 23.8 Å². The number of rotatable bonds is 5. The molecule has 0 atom stereocenters. The summed E-state index contributed by atoms with van der Waals surface area (Å²) in [6.45, 7) is 0. The van der Waals surface area contributed by atoms with E-state index in [-0.39, 0.29) is 0 Å². The number of pyridine rings is 2. The van der Waals surface area contributed by atoms with Crippen molar-refractivity contribution in [2.24, 2.45) is 0 Å². The van der Waals surface area contributed by atoms with Crippen LogP contribution in [-0.2, 0) is 0 Å². The Bertz CT molecular complexity index is 2530. The maximum atomic E-state index is 5.66. The molecule has 0 aliphatic rings. The van der Waals surface area contributed by atoms with Crippen LogP contribution in [0.15, 0.2) is 155 Å². The predicted octanol–water partition coefficient (Wildman–Crippen LogP) is 10.2. The normalized spacial score (nSPS) is 11.5. The zero-order valence-electron chi connectivity index (χ0n) is 24.5. The lowest BCUT2D eigenvalue weighted by molar-refractivity contribution is 0.574. The average Bonchev–Trinajstić information content (AvgIpc) is 3.86. The first-order valence-electron chi connectivity index (χ1n) is 15.0. The largest absolute Gasteiger partial charge is 0.445 e. The van der Waals surface area contributed by atoms with Crippen LogP contribution in [0.1, 0.15) is 0 Å². The van der Waals surface area contributed by atoms with Gasteiger partial charge in [-0.15, -0.1) is 0 Å². The monoisotopic (exact) mass is 592 g/mol. The molecule has 0 aliphatic carbocycles. The van der Waals surface area contributed by atoms with Crippen molar-refractivity contribution in [3.8, 4) is 56.6 Å². The Labute approximate surface area is 263 Å². The van der Waals surface area contributed by atoms with Crippen LogP contribution in [0.5, 0.6) is 0 Å². The molecular formula is C40H24N4O2. The molecule has 0 amide bonds. The molecule has 4 heterocycles. The maximum absolute atomic E-state index is 5.66. The minimum atomic E-state index is 0.554. The lowest BCUT2D eigenvalue weighted by atomic mass is 9.86. The molecule has 0 radical (unpaired) electrons. The summed E-state index contributed by atoms with van der Waals surface area (Å²) in [6.07, 6.45) is 10.1. The molecule has 6 heteroatoms. The number of oxazole rings is 2. The number of fused-ring (bicyclic) bond motifs is 3. The smallest absolute Gasteiger partial charge is 0.225 e. The third-order valence-corrected chi connectivity index (χ3v) is 8.52. The zero-order valence-corrected chi connectivity index (χ0v) is 24.5. The summed E-state index contributed by atoms with van der Waals surface area (Å²) in [5.41, 5.74) is 7.77. The standard InChI is InChI=1S/C40H24N4O2/c1-2-8-29-25(6-1)7-5-11-30(29)26-12-13-33-34(22-26)38(36-24-28(15-17-42-36)40-44-19-21-46-40)32-10-4-3-9-31(32)37(33)35-23-27(14-16-41-35)39-43-18-20-45-39/h1-24H. The Balaban J connectivity index is 1.38. The van der Waals surface area contributed by atoms with Gasteiger partial charge in [-0.2, -0.15) is 0 Å². The highest BCUT2D eigenvalue weighted by Gasteiger charge is 2.20. The molecule has 5 aromatic carbocycles. The summed E-state index contributed by atoms with van der Waals surface area (Å²) in [5.74, 6) is 1.11. The van der Waals surface area contributed by atoms with Crippen LogP contribution < -0.4 is 0 Å². The molecule has 216 valence electrons. The van der Waals surface area contributed by atoms with Crippen molar-refractivity contribution in [3.05, 3.63) is 147 Å². The number of aromatic nitrogens is 4. The van der Waals surface area contributed by atoms with Crippen LogP contribution in [0.4, 0.5) is 0 Å². The van der Waals surface area contributed by atoms with Crippen LogP contribution in [0, 0.1) is 0 Å². The average molecular weight is 593 g/mol. The number of hydrogen-bond donors (Lipinski definition) is 0. The van der Waals surface area contributed by atoms with Crippen LogP contribution in [0.25, 0.3) is 88.9 Å². The zero-order chi connectivity index (χ0) is 30.5. The maximum Gasteiger partial charge on any atom is 0.225 e. The van der Waals surface area contributed by atoms with E-state index in [1.54, 1.807) is 24.9 Å². The van der Waals surface area contributed by atoms with Gasteiger partial charge in [0.2, 0.25) is 11.8 Å². The first-order chi connectivity index (χ1) is 22.8. The first kappa shape index (κ1) is 26.0. The van der Waals surface area contributed by atoms with E-state index >= 15 is 0 Å². The second kappa shape index (κ2) is 10.6. The highest BCUT2D eigenvalue weighted by Crippen LogP contribution is 2.45. The molecule has 4 aromatic heterocycles. The summed E-state index contributed by atoms with van der Waals surface area (Å²) < 4.78 is 11.3. The fourth-order valence-corrected chi connectivity index (χ4v) is 6.51. The number of hydrogen-bond acceptors (Lipinski definition) is 6. The summed E-state index contributed by atoms with van der Waals surface area (Å²) in [5, 5.41) is 6.69. The molecule has 9 rings (SSSR count). The van der Waals surface area contributed by atoms with Crippen molar-refractivity contribution in [1.82, 2.24) is 19.9 Å². The molecule has 46 heavy (non-hydrogen) atoms. The van der Waals surface area contributed by atoms with E-state index in [9.17, 15) is 0 Å². The van der Waals surface area contributed by atoms with Crippen LogP contribution in [-0.4, -0.2) is 19.9 Å². The molecular weight excluding hydrogens is 568 g/mol. The van der Waals surface area contributed by atoms with Crippen molar-refractivity contribution in [2.45, 2.75) is 0 Å². The molecule has 0 spiro atoms. The Morgan fingerprint density at radius 1 is 0.391 bits per heavy atom. The fourth-order valence-electron chi connectivity index (χ4n) is 6.51. The molecule has 0 saturated heterocycles. The van der Waals surface area contributed by atoms with Gasteiger partial charge < -0.3 is 8.83 Å². The molecule has 6 nitrogen and oxygen atoms in total. The molecule has 0 unspecified atom stereocenters. The minimum Gasteiger partial charge on any atom is -0.445 e. The summed E-state index contributed by atoms with van der Waals surface area (Å²) in [4.78, 5) is 18.6. The predicted molar refractivity (Wildman–Crippen MR) is 182 cm³/mol. The van der Waals surface area contributed by atoms with Gasteiger partial charge in [0.1, 0.15) is 12.5 Å². The van der Waals surface area contributed by atoms with E-state index in [2.05, 4.69) is 101 Å². The molecule has 9 aromatic rings. The Kier molecular flexibility index (Phi) is 6.03. The highest BCUT2D eigenvalue weighted by molar-refractivity contribution is 6.21. The van der Waals surface area contributed by atoms with Gasteiger partial charge in [-0.3, -0.25) is 9.97 Å². The van der Waals surface area contributed by atoms with E-state index in [0.29, 0.717) is 11.8 Å². The van der Waals surface area contributed by atoms with Gasteiger partial charge in [-0.05, 0) is 73.8 Å². The van der Waals surface area contributed by atoms with Gasteiger partial charge in [0, 0.05) is 34.6 Å². The Hall–Kier alpha value is -6.40. The van der Waals surface area contributed by atoms with Crippen molar-refractivity contribution < 1.29 is 8.83 Å². The van der Waals surface area contributed by atoms with Gasteiger partial charge in [-0.1, -0.05) is 78.9 Å². The highest BCUT2D eigenvalue weighted by atomic mass is 16.3. The number of benzene rings is 5. The summed E-state index contributed by atoms with van der Waals surface area (Å²) in [6, 6.07) is 38.1. The van der Waals surface area contributed by atoms with E-state index in [0.717, 1.165) is 60.8 Å². The third kappa shape index (κ3) is 4.27. The van der Waals surface area contributed by atoms with Crippen molar-refractivity contribution in [3.63, 3.8) is 0 Å². The second-order valence-electron chi connectivity index (χ2n) is 11.1. The van der Waals surface area contributed by atoms with Gasteiger partial charge >= 0.3 is 0 Å². The van der Waals surface area contributed by atoms with Gasteiger partial charge in [0.15, 0.2) is 0 Å². The van der Waals surface area contributed by atoms with Crippen LogP contribution >= 0.6 is 0 Å². The van der Waals surface area contributed by atoms with Crippen molar-refractivity contribution >= 4 is 32.3 Å². The van der Waals surface area contributed by atoms with Crippen LogP contribution in [0.3, 0.4) is 0 Å². The van der Waals surface area contributed by atoms with Crippen molar-refractivity contribution in [1.29, 1.82) is 0 Å². The molecule has 0 aliphatic heterocycles. The van der Waals surface area contributed by atoms with E-state index in [1.165, 1.54) is 16.3 Å². The summed E-state index contributed by atoms with van der Waals surface area (Å²) in [7, 11) is 0. The first-order valence-corrected chi connectivity index (χ1v) is 15.0. The van der Waals surface area contributed by atoms with E-state index in [4.69, 9.17) is 18.8 Å². The third-order valence-electron chi connectivity index (χ3n) is 8.52. The van der Waals surface area contributed by atoms with Gasteiger partial charge in [-0.25, -0.2) is 9.97 Å². The fraction of sp³-hybridized carbons (Fsp3) is 0. The molecule has 0 N–H and O–H groups in total. The Morgan fingerprint density at radius 2 is 0.957 bits per heavy atom. The van der Waals surface area contributed by atoms with E-state index < -0.39 is 0 Å². The number of nitrogens with zero attached hydrogens (tertiary/aromatic N) is 4. The second-order valence-corrected chi connectivity index (χ2v) is 11.1. The van der Waals surface area contributed by atoms with Crippen LogP contribution in [0.2, 0.25) is 0 Å². The van der Waals surface area contributed by atoms with Crippen molar-refractivity contribution in [2.75, 3.05) is 0 Å². The lowest BCUT2D eigenvalue weighted by Crippen LogP contribution is -1.95. The molecule has 0 bridgehead atoms. The SMILES string of the molecule is c1ccc2c(-c3ccc4c(-c5cc(-c6ncco6)ccn5)c5ccccc5c(-c5cc(-c6ncco6)ccn5)c4c3)cccc2c1. The lowest BCUT2D eigenvalue weighted by Gasteiger charge is -2.18. The topological polar surface area (TPSA) is 77.8 Å². The Morgan fingerprint density at radius 3 is 1.59 bits per heavy atom. The molecule has 0 fully saturated rings.